The molecule has 9 heteroatoms. The molecule has 2 atom stereocenters. The largest absolute Gasteiger partial charge is 0.397 e. The van der Waals surface area contributed by atoms with E-state index in [1.165, 1.54) is 161 Å². The van der Waals surface area contributed by atoms with Crippen LogP contribution in [0.4, 0.5) is 0 Å². The van der Waals surface area contributed by atoms with E-state index in [1.54, 1.807) is 0 Å². The number of unbranched alkanes of at least 4 members (excludes halogenated alkanes) is 23. The lowest BCUT2D eigenvalue weighted by atomic mass is 10.0. The number of amides is 1. The first-order valence-electron chi connectivity index (χ1n) is 21.7. The van der Waals surface area contributed by atoms with Crippen LogP contribution in [0.15, 0.2) is 24.3 Å². The summed E-state index contributed by atoms with van der Waals surface area (Å²) in [4.78, 5) is 17.9. The van der Waals surface area contributed by atoms with E-state index < -0.39 is 16.1 Å². The Morgan fingerprint density at radius 1 is 0.673 bits per heavy atom. The van der Waals surface area contributed by atoms with E-state index in [1.807, 2.05) is 0 Å². The average Bonchev–Trinajstić information content (AvgIpc) is 3.38. The maximum absolute atomic E-state index is 13.5. The number of hydrogen-bond acceptors (Lipinski definition) is 6. The molecule has 0 radical (unpaired) electrons. The number of hydrogen-bond donors (Lipinski definition) is 2. The molecule has 0 aliphatic carbocycles. The SMILES string of the molecule is CCCCCCCC/C=C\CCCCCCCCC1N(C)CC(N)(CC)N1C(=O)CCCCCCC/C=C\CCCCCCCC.COS(=O)(=O)O. The zero-order chi connectivity index (χ0) is 38.8. The maximum Gasteiger partial charge on any atom is 0.397 e. The molecule has 52 heavy (non-hydrogen) atoms. The summed E-state index contributed by atoms with van der Waals surface area (Å²) in [6, 6.07) is 0. The fraction of sp³-hybridized carbons (Fsp3) is 0.884. The second-order valence-corrected chi connectivity index (χ2v) is 16.5. The first-order chi connectivity index (χ1) is 25.1. The minimum Gasteiger partial charge on any atom is -0.308 e. The molecule has 0 aromatic carbocycles. The monoisotopic (exact) mass is 756 g/mol. The van der Waals surface area contributed by atoms with Crippen LogP contribution in [0.2, 0.25) is 0 Å². The molecule has 3 N–H and O–H groups in total. The van der Waals surface area contributed by atoms with Crippen LogP contribution in [0, 0.1) is 0 Å². The van der Waals surface area contributed by atoms with Crippen molar-refractivity contribution in [2.45, 2.75) is 225 Å². The summed E-state index contributed by atoms with van der Waals surface area (Å²) in [7, 11) is -1.13. The van der Waals surface area contributed by atoms with Crippen molar-refractivity contribution in [1.29, 1.82) is 0 Å². The molecule has 0 saturated carbocycles. The Balaban J connectivity index is 0.00000397. The molecule has 1 aliphatic rings. The quantitative estimate of drug-likeness (QED) is 0.0389. The van der Waals surface area contributed by atoms with Crippen LogP contribution in [0.5, 0.6) is 0 Å². The average molecular weight is 756 g/mol. The van der Waals surface area contributed by atoms with Crippen LogP contribution in [0.1, 0.15) is 213 Å². The first kappa shape index (κ1) is 50.7. The first-order valence-corrected chi connectivity index (χ1v) is 23.1. The Kier molecular flexibility index (Phi) is 33.4. The summed E-state index contributed by atoms with van der Waals surface area (Å²) in [5.41, 5.74) is 6.34. The summed E-state index contributed by atoms with van der Waals surface area (Å²) in [5, 5.41) is 0. The van der Waals surface area contributed by atoms with Crippen molar-refractivity contribution in [2.24, 2.45) is 5.73 Å². The zero-order valence-electron chi connectivity index (χ0n) is 34.8. The van der Waals surface area contributed by atoms with E-state index in [-0.39, 0.29) is 12.1 Å². The summed E-state index contributed by atoms with van der Waals surface area (Å²) in [6.07, 6.45) is 47.5. The molecule has 0 aromatic rings. The molecular formula is C43H85N3O5S. The number of carbonyl (C=O) groups is 1. The van der Waals surface area contributed by atoms with Crippen LogP contribution in [-0.4, -0.2) is 61.2 Å². The number of carbonyl (C=O) groups excluding carboxylic acids is 1. The van der Waals surface area contributed by atoms with E-state index in [4.69, 9.17) is 10.3 Å². The van der Waals surface area contributed by atoms with Gasteiger partial charge in [-0.15, -0.1) is 0 Å². The van der Waals surface area contributed by atoms with E-state index >= 15 is 0 Å². The Labute approximate surface area is 323 Å². The van der Waals surface area contributed by atoms with Crippen LogP contribution >= 0.6 is 0 Å². The molecule has 1 amide bonds. The molecule has 1 saturated heterocycles. The fourth-order valence-electron chi connectivity index (χ4n) is 7.20. The van der Waals surface area contributed by atoms with Crippen molar-refractivity contribution < 1.29 is 21.9 Å². The van der Waals surface area contributed by atoms with E-state index in [0.717, 1.165) is 39.3 Å². The third-order valence-electron chi connectivity index (χ3n) is 10.5. The van der Waals surface area contributed by atoms with Crippen molar-refractivity contribution in [3.63, 3.8) is 0 Å². The maximum atomic E-state index is 13.5. The molecule has 1 fully saturated rings. The van der Waals surface area contributed by atoms with Gasteiger partial charge in [-0.3, -0.25) is 18.4 Å². The smallest absolute Gasteiger partial charge is 0.308 e. The van der Waals surface area contributed by atoms with Gasteiger partial charge in [0.1, 0.15) is 5.66 Å². The van der Waals surface area contributed by atoms with Crippen LogP contribution in [-0.2, 0) is 19.4 Å². The van der Waals surface area contributed by atoms with Crippen molar-refractivity contribution >= 4 is 16.3 Å². The lowest BCUT2D eigenvalue weighted by molar-refractivity contribution is -0.139. The van der Waals surface area contributed by atoms with Crippen molar-refractivity contribution in [3.8, 4) is 0 Å². The molecular weight excluding hydrogens is 671 g/mol. The summed E-state index contributed by atoms with van der Waals surface area (Å²) in [6.45, 7) is 7.50. The van der Waals surface area contributed by atoms with Crippen molar-refractivity contribution in [1.82, 2.24) is 9.80 Å². The van der Waals surface area contributed by atoms with Crippen LogP contribution in [0.3, 0.4) is 0 Å². The van der Waals surface area contributed by atoms with Gasteiger partial charge in [-0.1, -0.05) is 161 Å². The van der Waals surface area contributed by atoms with Crippen LogP contribution < -0.4 is 5.73 Å². The van der Waals surface area contributed by atoms with Crippen LogP contribution in [0.25, 0.3) is 0 Å². The molecule has 8 nitrogen and oxygen atoms in total. The fourth-order valence-corrected chi connectivity index (χ4v) is 7.20. The Morgan fingerprint density at radius 2 is 1.02 bits per heavy atom. The highest BCUT2D eigenvalue weighted by Gasteiger charge is 2.47. The summed E-state index contributed by atoms with van der Waals surface area (Å²) < 4.78 is 29.7. The summed E-state index contributed by atoms with van der Waals surface area (Å²) >= 11 is 0. The molecule has 308 valence electrons. The second kappa shape index (κ2) is 34.2. The van der Waals surface area contributed by atoms with Gasteiger partial charge in [-0.2, -0.15) is 8.42 Å². The standard InChI is InChI=1S/C42H81N3O.CH4O4S/c1-5-8-10-12-14-16-18-20-22-24-25-27-29-31-33-35-37-40-44(4)39-42(43,7-3)45(40)41(46)38-36-34-32-30-28-26-23-21-19-17-15-13-11-9-6-2;1-5-6(2,3)4/h20-23,40H,5-19,24-39,43H2,1-4H3;1H3,(H,2,3,4)/b22-20-,23-21-;. The molecule has 0 bridgehead atoms. The molecule has 1 rings (SSSR count). The van der Waals surface area contributed by atoms with E-state index in [9.17, 15) is 13.2 Å². The number of likely N-dealkylation sites (N-methyl/N-ethyl adjacent to an activating group) is 1. The van der Waals surface area contributed by atoms with Crippen molar-refractivity contribution in [2.75, 3.05) is 20.7 Å². The molecule has 1 aliphatic heterocycles. The minimum absolute atomic E-state index is 0.164. The van der Waals surface area contributed by atoms with Gasteiger partial charge >= 0.3 is 10.4 Å². The number of rotatable bonds is 33. The number of allylic oxidation sites excluding steroid dienone is 4. The topological polar surface area (TPSA) is 113 Å². The third-order valence-corrected chi connectivity index (χ3v) is 10.9. The highest BCUT2D eigenvalue weighted by atomic mass is 32.3. The molecule has 2 unspecified atom stereocenters. The number of nitrogens with zero attached hydrogens (tertiary/aromatic N) is 2. The second-order valence-electron chi connectivity index (χ2n) is 15.3. The zero-order valence-corrected chi connectivity index (χ0v) is 35.6. The Hall–Kier alpha value is -1.26. The van der Waals surface area contributed by atoms with E-state index in [2.05, 4.69) is 66.1 Å². The van der Waals surface area contributed by atoms with Gasteiger partial charge in [-0.25, -0.2) is 0 Å². The molecule has 1 heterocycles. The Bertz CT molecular complexity index is 989. The third kappa shape index (κ3) is 28.2. The van der Waals surface area contributed by atoms with E-state index in [0.29, 0.717) is 6.42 Å². The minimum atomic E-state index is -4.16. The highest BCUT2D eigenvalue weighted by Crippen LogP contribution is 2.32. The van der Waals surface area contributed by atoms with Gasteiger partial charge < -0.3 is 10.6 Å². The van der Waals surface area contributed by atoms with Gasteiger partial charge in [0.15, 0.2) is 0 Å². The summed E-state index contributed by atoms with van der Waals surface area (Å²) in [5.74, 6) is 0.279. The highest BCUT2D eigenvalue weighted by molar-refractivity contribution is 7.80. The predicted octanol–water partition coefficient (Wildman–Crippen LogP) is 12.1. The van der Waals surface area contributed by atoms with Gasteiger partial charge in [-0.05, 0) is 77.7 Å². The van der Waals surface area contributed by atoms with Crippen molar-refractivity contribution in [3.05, 3.63) is 24.3 Å². The molecule has 0 spiro atoms. The Morgan fingerprint density at radius 3 is 1.38 bits per heavy atom. The normalized spacial score (nSPS) is 18.1. The molecule has 0 aromatic heterocycles. The lowest BCUT2D eigenvalue weighted by Crippen LogP contribution is -2.57. The predicted molar refractivity (Wildman–Crippen MR) is 223 cm³/mol. The lowest BCUT2D eigenvalue weighted by Gasteiger charge is -2.37. The number of nitrogens with two attached hydrogens (primary N) is 1. The van der Waals surface area contributed by atoms with Gasteiger partial charge in [0.05, 0.1) is 13.3 Å². The van der Waals surface area contributed by atoms with Gasteiger partial charge in [0.2, 0.25) is 5.91 Å². The van der Waals surface area contributed by atoms with Gasteiger partial charge in [0.25, 0.3) is 0 Å². The van der Waals surface area contributed by atoms with Gasteiger partial charge in [0, 0.05) is 13.0 Å².